The molecule has 0 aromatic rings. The minimum absolute atomic E-state index is 0.323. The highest BCUT2D eigenvalue weighted by Crippen LogP contribution is 2.53. The Kier molecular flexibility index (Phi) is 0.961. The molecule has 0 aromatic heterocycles. The molecule has 2 nitrogen and oxygen atoms in total. The van der Waals surface area contributed by atoms with E-state index in [0.29, 0.717) is 11.2 Å². The lowest BCUT2D eigenvalue weighted by Crippen LogP contribution is -2.48. The average molecular weight is 153 g/mol. The molecule has 0 aromatic carbocycles. The van der Waals surface area contributed by atoms with Gasteiger partial charge in [-0.25, -0.2) is 0 Å². The van der Waals surface area contributed by atoms with E-state index in [1.807, 2.05) is 0 Å². The Morgan fingerprint density at radius 3 is 1.82 bits per heavy atom. The van der Waals surface area contributed by atoms with Crippen LogP contribution in [0.5, 0.6) is 0 Å². The van der Waals surface area contributed by atoms with Crippen LogP contribution in [0, 0.1) is 0 Å². The minimum atomic E-state index is 0.323. The monoisotopic (exact) mass is 153 g/mol. The Bertz CT molecular complexity index is 174. The van der Waals surface area contributed by atoms with Gasteiger partial charge in [-0.2, -0.15) is 0 Å². The van der Waals surface area contributed by atoms with E-state index in [1.165, 1.54) is 38.8 Å². The van der Waals surface area contributed by atoms with E-state index < -0.39 is 0 Å². The fourth-order valence-corrected chi connectivity index (χ4v) is 2.36. The van der Waals surface area contributed by atoms with E-state index in [0.717, 1.165) is 0 Å². The van der Waals surface area contributed by atoms with E-state index in [2.05, 4.69) is 11.9 Å². The quantitative estimate of drug-likeness (QED) is 0.515. The van der Waals surface area contributed by atoms with E-state index in [4.69, 9.17) is 4.74 Å². The highest BCUT2D eigenvalue weighted by atomic mass is 16.5. The molecule has 2 spiro atoms. The predicted molar refractivity (Wildman–Crippen MR) is 42.5 cm³/mol. The van der Waals surface area contributed by atoms with Crippen molar-refractivity contribution in [3.63, 3.8) is 0 Å². The number of hydrogen-bond acceptors (Lipinski definition) is 2. The van der Waals surface area contributed by atoms with Crippen molar-refractivity contribution < 1.29 is 4.74 Å². The zero-order chi connectivity index (χ0) is 7.53. The van der Waals surface area contributed by atoms with Crippen molar-refractivity contribution in [3.05, 3.63) is 0 Å². The van der Waals surface area contributed by atoms with Crippen LogP contribution in [0.3, 0.4) is 0 Å². The molecule has 0 bridgehead atoms. The number of morpholine rings is 1. The molecule has 1 heterocycles. The van der Waals surface area contributed by atoms with Crippen molar-refractivity contribution in [2.75, 3.05) is 20.1 Å². The molecule has 0 unspecified atom stereocenters. The first-order chi connectivity index (χ1) is 5.22. The maximum absolute atomic E-state index is 6.11. The first-order valence-corrected chi connectivity index (χ1v) is 4.61. The molecular formula is C9H15NO. The SMILES string of the molecule is CN1CC2(CC2)OC2(CC2)C1. The van der Waals surface area contributed by atoms with Gasteiger partial charge in [0.15, 0.2) is 0 Å². The Morgan fingerprint density at radius 1 is 1.00 bits per heavy atom. The van der Waals surface area contributed by atoms with Crippen molar-refractivity contribution in [3.8, 4) is 0 Å². The van der Waals surface area contributed by atoms with Gasteiger partial charge in [0.1, 0.15) is 0 Å². The molecule has 0 amide bonds. The van der Waals surface area contributed by atoms with Crippen LogP contribution in [-0.4, -0.2) is 36.2 Å². The number of nitrogens with zero attached hydrogens (tertiary/aromatic N) is 1. The third kappa shape index (κ3) is 0.926. The molecule has 11 heavy (non-hydrogen) atoms. The van der Waals surface area contributed by atoms with E-state index >= 15 is 0 Å². The Morgan fingerprint density at radius 2 is 1.45 bits per heavy atom. The van der Waals surface area contributed by atoms with E-state index in [-0.39, 0.29) is 0 Å². The number of ether oxygens (including phenoxy) is 1. The van der Waals surface area contributed by atoms with Gasteiger partial charge in [0, 0.05) is 13.1 Å². The summed E-state index contributed by atoms with van der Waals surface area (Å²) in [4.78, 5) is 2.45. The molecule has 2 aliphatic carbocycles. The lowest BCUT2D eigenvalue weighted by molar-refractivity contribution is -0.111. The summed E-state index contributed by atoms with van der Waals surface area (Å²) in [6.07, 6.45) is 5.22. The van der Waals surface area contributed by atoms with Gasteiger partial charge < -0.3 is 9.64 Å². The molecule has 0 N–H and O–H groups in total. The zero-order valence-electron chi connectivity index (χ0n) is 7.10. The predicted octanol–water partition coefficient (Wildman–Crippen LogP) is 1.01. The van der Waals surface area contributed by atoms with Gasteiger partial charge in [-0.05, 0) is 32.7 Å². The van der Waals surface area contributed by atoms with Gasteiger partial charge in [-0.1, -0.05) is 0 Å². The second-order valence-electron chi connectivity index (χ2n) is 4.64. The van der Waals surface area contributed by atoms with E-state index in [1.54, 1.807) is 0 Å². The van der Waals surface area contributed by atoms with Crippen LogP contribution >= 0.6 is 0 Å². The van der Waals surface area contributed by atoms with Gasteiger partial charge in [-0.15, -0.1) is 0 Å². The smallest absolute Gasteiger partial charge is 0.0819 e. The number of rotatable bonds is 0. The van der Waals surface area contributed by atoms with Crippen LogP contribution in [-0.2, 0) is 4.74 Å². The summed E-state index contributed by atoms with van der Waals surface area (Å²) >= 11 is 0. The average Bonchev–Trinajstić information content (AvgIpc) is 2.76. The van der Waals surface area contributed by atoms with Crippen molar-refractivity contribution in [1.29, 1.82) is 0 Å². The summed E-state index contributed by atoms with van der Waals surface area (Å²) in [7, 11) is 2.22. The van der Waals surface area contributed by atoms with Crippen LogP contribution in [0.4, 0.5) is 0 Å². The van der Waals surface area contributed by atoms with E-state index in [9.17, 15) is 0 Å². The fourth-order valence-electron chi connectivity index (χ4n) is 2.36. The van der Waals surface area contributed by atoms with Crippen molar-refractivity contribution in [2.45, 2.75) is 36.9 Å². The Hall–Kier alpha value is -0.0800. The standard InChI is InChI=1S/C9H15NO/c1-10-6-8(2-3-8)11-9(7-10)4-5-9/h2-7H2,1H3. The molecular weight excluding hydrogens is 138 g/mol. The van der Waals surface area contributed by atoms with Gasteiger partial charge >= 0.3 is 0 Å². The third-order valence-corrected chi connectivity index (χ3v) is 3.16. The first kappa shape index (κ1) is 6.44. The molecule has 2 heteroatoms. The molecule has 62 valence electrons. The summed E-state index contributed by atoms with van der Waals surface area (Å²) in [6.45, 7) is 2.35. The molecule has 3 aliphatic rings. The highest BCUT2D eigenvalue weighted by Gasteiger charge is 2.59. The maximum Gasteiger partial charge on any atom is 0.0819 e. The van der Waals surface area contributed by atoms with Crippen LogP contribution in [0.25, 0.3) is 0 Å². The Balaban J connectivity index is 1.82. The first-order valence-electron chi connectivity index (χ1n) is 4.61. The zero-order valence-corrected chi connectivity index (χ0v) is 7.10. The molecule has 3 fully saturated rings. The topological polar surface area (TPSA) is 12.5 Å². The van der Waals surface area contributed by atoms with Gasteiger partial charge in [0.2, 0.25) is 0 Å². The summed E-state index contributed by atoms with van der Waals surface area (Å²) in [5, 5.41) is 0. The van der Waals surface area contributed by atoms with Crippen molar-refractivity contribution >= 4 is 0 Å². The molecule has 0 radical (unpaired) electrons. The number of likely N-dealkylation sites (N-methyl/N-ethyl adjacent to an activating group) is 1. The second kappa shape index (κ2) is 1.64. The van der Waals surface area contributed by atoms with Gasteiger partial charge in [0.25, 0.3) is 0 Å². The molecule has 3 rings (SSSR count). The maximum atomic E-state index is 6.11. The van der Waals surface area contributed by atoms with Crippen LogP contribution in [0.2, 0.25) is 0 Å². The molecule has 2 saturated carbocycles. The van der Waals surface area contributed by atoms with Crippen LogP contribution < -0.4 is 0 Å². The largest absolute Gasteiger partial charge is 0.366 e. The fraction of sp³-hybridized carbons (Fsp3) is 1.00. The lowest BCUT2D eigenvalue weighted by Gasteiger charge is -2.36. The molecule has 1 aliphatic heterocycles. The highest BCUT2D eigenvalue weighted by molar-refractivity contribution is 5.10. The molecule has 0 atom stereocenters. The van der Waals surface area contributed by atoms with Crippen LogP contribution in [0.1, 0.15) is 25.7 Å². The van der Waals surface area contributed by atoms with Crippen molar-refractivity contribution in [1.82, 2.24) is 4.90 Å². The summed E-state index contributed by atoms with van der Waals surface area (Å²) in [6, 6.07) is 0. The molecule has 1 saturated heterocycles. The lowest BCUT2D eigenvalue weighted by atomic mass is 10.2. The number of hydrogen-bond donors (Lipinski definition) is 0. The Labute approximate surface area is 67.5 Å². The van der Waals surface area contributed by atoms with Crippen molar-refractivity contribution in [2.24, 2.45) is 0 Å². The van der Waals surface area contributed by atoms with Crippen LogP contribution in [0.15, 0.2) is 0 Å². The second-order valence-corrected chi connectivity index (χ2v) is 4.64. The third-order valence-electron chi connectivity index (χ3n) is 3.16. The summed E-state index contributed by atoms with van der Waals surface area (Å²) < 4.78 is 6.11. The summed E-state index contributed by atoms with van der Waals surface area (Å²) in [5.74, 6) is 0. The van der Waals surface area contributed by atoms with Gasteiger partial charge in [-0.3, -0.25) is 0 Å². The normalized spacial score (nSPS) is 37.9. The minimum Gasteiger partial charge on any atom is -0.366 e. The van der Waals surface area contributed by atoms with Gasteiger partial charge in [0.05, 0.1) is 11.2 Å². The summed E-state index contributed by atoms with van der Waals surface area (Å²) in [5.41, 5.74) is 0.646.